The number of carbonyl (C=O) groups excluding carboxylic acids is 1. The molecule has 208 valence electrons. The molecule has 0 unspecified atom stereocenters. The fourth-order valence-corrected chi connectivity index (χ4v) is 4.74. The van der Waals surface area contributed by atoms with Gasteiger partial charge in [0.05, 0.1) is 18.7 Å². The first kappa shape index (κ1) is 31.0. The van der Waals surface area contributed by atoms with Crippen LogP contribution in [-0.4, -0.2) is 50.8 Å². The minimum atomic E-state index is -5.83. The molecule has 0 fully saturated rings. The lowest BCUT2D eigenvalue weighted by atomic mass is 10.1. The van der Waals surface area contributed by atoms with Crippen molar-refractivity contribution < 1.29 is 43.9 Å². The van der Waals surface area contributed by atoms with Crippen molar-refractivity contribution >= 4 is 37.1 Å². The molecule has 13 heteroatoms. The van der Waals surface area contributed by atoms with Crippen LogP contribution in [0.15, 0.2) is 41.4 Å². The molecule has 0 saturated heterocycles. The molecule has 37 heavy (non-hydrogen) atoms. The molecule has 1 heterocycles. The highest BCUT2D eigenvalue weighted by atomic mass is 32.2. The summed E-state index contributed by atoms with van der Waals surface area (Å²) in [6.45, 7) is -0.229. The van der Waals surface area contributed by atoms with Gasteiger partial charge in [-0.25, -0.2) is 9.78 Å². The predicted molar refractivity (Wildman–Crippen MR) is 133 cm³/mol. The molecule has 0 aliphatic heterocycles. The number of pyridine rings is 1. The summed E-state index contributed by atoms with van der Waals surface area (Å²) < 4.78 is 89.2. The SMILES string of the molecule is O=C(OCCCCCCCCCCCCCOS(=O)(=O)c1ccc2ccccc2n1)C(F)(F)S(=O)(=O)O. The molecule has 9 nitrogen and oxygen atoms in total. The van der Waals surface area contributed by atoms with Crippen molar-refractivity contribution in [1.29, 1.82) is 0 Å². The van der Waals surface area contributed by atoms with Crippen LogP contribution in [-0.2, 0) is 34.0 Å². The van der Waals surface area contributed by atoms with Crippen LogP contribution < -0.4 is 0 Å². The van der Waals surface area contributed by atoms with Crippen molar-refractivity contribution in [3.05, 3.63) is 36.4 Å². The minimum absolute atomic E-state index is 0.0917. The van der Waals surface area contributed by atoms with Gasteiger partial charge in [-0.05, 0) is 31.0 Å². The second-order valence-corrected chi connectivity index (χ2v) is 11.7. The standard InChI is InChI=1S/C24H33F2NO8S2/c25-24(26,37(31,32)33)23(28)34-18-12-8-6-4-2-1-3-5-7-9-13-19-35-36(29,30)22-17-16-20-14-10-11-15-21(20)27-22/h10-11,14-17H,1-9,12-13,18-19H2,(H,31,32,33). The monoisotopic (exact) mass is 565 g/mol. The van der Waals surface area contributed by atoms with E-state index in [0.29, 0.717) is 24.8 Å². The molecular formula is C24H33F2NO8S2. The maximum absolute atomic E-state index is 13.0. The molecule has 0 radical (unpaired) electrons. The van der Waals surface area contributed by atoms with E-state index in [2.05, 4.69) is 9.72 Å². The van der Waals surface area contributed by atoms with Crippen LogP contribution in [0.4, 0.5) is 8.78 Å². The number of esters is 1. The van der Waals surface area contributed by atoms with E-state index in [-0.39, 0.29) is 18.2 Å². The van der Waals surface area contributed by atoms with E-state index in [0.717, 1.165) is 56.8 Å². The number of nitrogens with zero attached hydrogens (tertiary/aromatic N) is 1. The Kier molecular flexibility index (Phi) is 12.3. The average Bonchev–Trinajstić information content (AvgIpc) is 2.85. The lowest BCUT2D eigenvalue weighted by Crippen LogP contribution is -2.39. The summed E-state index contributed by atoms with van der Waals surface area (Å²) in [4.78, 5) is 15.2. The largest absolute Gasteiger partial charge is 0.465 e. The molecule has 1 aromatic heterocycles. The number of ether oxygens (including phenoxy) is 1. The van der Waals surface area contributed by atoms with Crippen molar-refractivity contribution in [2.24, 2.45) is 0 Å². The zero-order chi connectivity index (χ0) is 27.4. The van der Waals surface area contributed by atoms with Crippen molar-refractivity contribution in [3.8, 4) is 0 Å². The first-order valence-electron chi connectivity index (χ1n) is 12.2. The molecule has 2 aromatic rings. The predicted octanol–water partition coefficient (Wildman–Crippen LogP) is 5.26. The third-order valence-corrected chi connectivity index (χ3v) is 7.68. The number of rotatable bonds is 18. The number of alkyl halides is 2. The fourth-order valence-electron chi connectivity index (χ4n) is 3.56. The molecule has 1 N–H and O–H groups in total. The van der Waals surface area contributed by atoms with E-state index >= 15 is 0 Å². The van der Waals surface area contributed by atoms with E-state index in [4.69, 9.17) is 8.74 Å². The summed E-state index contributed by atoms with van der Waals surface area (Å²) in [6.07, 6.45) is 9.28. The molecular weight excluding hydrogens is 532 g/mol. The number of hydrogen-bond acceptors (Lipinski definition) is 8. The Morgan fingerprint density at radius 2 is 1.30 bits per heavy atom. The van der Waals surface area contributed by atoms with Crippen molar-refractivity contribution in [1.82, 2.24) is 4.98 Å². The molecule has 0 atom stereocenters. The van der Waals surface area contributed by atoms with E-state index in [1.54, 1.807) is 18.2 Å². The highest BCUT2D eigenvalue weighted by Crippen LogP contribution is 2.22. The molecule has 0 aliphatic rings. The van der Waals surface area contributed by atoms with E-state index in [1.165, 1.54) is 6.07 Å². The number of benzene rings is 1. The average molecular weight is 566 g/mol. The second kappa shape index (κ2) is 14.6. The number of halogens is 2. The quantitative estimate of drug-likeness (QED) is 0.111. The number of aromatic nitrogens is 1. The van der Waals surface area contributed by atoms with Gasteiger partial charge < -0.3 is 4.74 Å². The Bertz CT molecular complexity index is 1220. The van der Waals surface area contributed by atoms with Gasteiger partial charge in [-0.15, -0.1) is 0 Å². The molecule has 0 aliphatic carbocycles. The lowest BCUT2D eigenvalue weighted by Gasteiger charge is -2.11. The Balaban J connectivity index is 1.44. The van der Waals surface area contributed by atoms with Gasteiger partial charge in [-0.2, -0.15) is 25.6 Å². The van der Waals surface area contributed by atoms with Crippen LogP contribution in [0.1, 0.15) is 70.6 Å². The topological polar surface area (TPSA) is 137 Å². The third-order valence-electron chi connectivity index (χ3n) is 5.65. The van der Waals surface area contributed by atoms with Crippen LogP contribution >= 0.6 is 0 Å². The van der Waals surface area contributed by atoms with Gasteiger partial charge in [0.1, 0.15) is 0 Å². The number of fused-ring (bicyclic) bond motifs is 1. The van der Waals surface area contributed by atoms with Gasteiger partial charge in [0.15, 0.2) is 5.03 Å². The number of para-hydroxylation sites is 1. The lowest BCUT2D eigenvalue weighted by molar-refractivity contribution is -0.161. The first-order chi connectivity index (χ1) is 17.4. The zero-order valence-electron chi connectivity index (χ0n) is 20.5. The van der Waals surface area contributed by atoms with Gasteiger partial charge in [-0.3, -0.25) is 8.74 Å². The first-order valence-corrected chi connectivity index (χ1v) is 15.1. The molecule has 2 rings (SSSR count). The van der Waals surface area contributed by atoms with Gasteiger partial charge >= 0.3 is 31.5 Å². The minimum Gasteiger partial charge on any atom is -0.460 e. The molecule has 0 spiro atoms. The van der Waals surface area contributed by atoms with Crippen LogP contribution in [0.5, 0.6) is 0 Å². The summed E-state index contributed by atoms with van der Waals surface area (Å²) >= 11 is 0. The summed E-state index contributed by atoms with van der Waals surface area (Å²) in [7, 11) is -9.72. The van der Waals surface area contributed by atoms with Gasteiger partial charge in [0.2, 0.25) is 0 Å². The summed E-state index contributed by atoms with van der Waals surface area (Å²) in [5, 5.41) is -4.19. The number of hydrogen-bond donors (Lipinski definition) is 1. The molecule has 0 saturated carbocycles. The normalized spacial score (nSPS) is 12.6. The molecule has 1 aromatic carbocycles. The van der Waals surface area contributed by atoms with Crippen LogP contribution in [0, 0.1) is 0 Å². The Labute approximate surface area is 216 Å². The van der Waals surface area contributed by atoms with Crippen LogP contribution in [0.3, 0.4) is 0 Å². The summed E-state index contributed by atoms with van der Waals surface area (Å²) in [5.41, 5.74) is 0.596. The Morgan fingerprint density at radius 1 is 0.784 bits per heavy atom. The fraction of sp³-hybridized carbons (Fsp3) is 0.583. The smallest absolute Gasteiger partial charge is 0.460 e. The van der Waals surface area contributed by atoms with Gasteiger partial charge in [-0.1, -0.05) is 76.0 Å². The molecule has 0 amide bonds. The summed E-state index contributed by atoms with van der Waals surface area (Å²) in [6, 6.07) is 10.4. The van der Waals surface area contributed by atoms with E-state index in [1.807, 2.05) is 12.1 Å². The third kappa shape index (κ3) is 10.2. The second-order valence-electron chi connectivity index (χ2n) is 8.64. The van der Waals surface area contributed by atoms with Gasteiger partial charge in [0.25, 0.3) is 0 Å². The maximum atomic E-state index is 13.0. The van der Waals surface area contributed by atoms with E-state index < -0.39 is 31.5 Å². The zero-order valence-corrected chi connectivity index (χ0v) is 22.1. The number of carbonyl (C=O) groups is 1. The van der Waals surface area contributed by atoms with Crippen molar-refractivity contribution in [3.63, 3.8) is 0 Å². The highest BCUT2D eigenvalue weighted by molar-refractivity contribution is 7.87. The van der Waals surface area contributed by atoms with Crippen molar-refractivity contribution in [2.75, 3.05) is 13.2 Å². The van der Waals surface area contributed by atoms with Crippen molar-refractivity contribution in [2.45, 2.75) is 80.9 Å². The molecule has 0 bridgehead atoms. The van der Waals surface area contributed by atoms with Crippen LogP contribution in [0.2, 0.25) is 0 Å². The van der Waals surface area contributed by atoms with Crippen LogP contribution in [0.25, 0.3) is 10.9 Å². The summed E-state index contributed by atoms with van der Waals surface area (Å²) in [5.74, 6) is -2.27. The highest BCUT2D eigenvalue weighted by Gasteiger charge is 2.54. The Morgan fingerprint density at radius 3 is 1.86 bits per heavy atom. The van der Waals surface area contributed by atoms with E-state index in [9.17, 15) is 30.4 Å². The van der Waals surface area contributed by atoms with Gasteiger partial charge in [0, 0.05) is 5.39 Å². The Hall–Kier alpha value is -2.22. The number of unbranched alkanes of at least 4 members (excludes halogenated alkanes) is 10. The maximum Gasteiger partial charge on any atom is 0.465 e.